The molecule has 0 spiro atoms. The zero-order valence-electron chi connectivity index (χ0n) is 11.5. The SMILES string of the molecule is CC1=CCC[C@@H](C)[C@@H]1CNCCCn1ccnn1. The summed E-state index contributed by atoms with van der Waals surface area (Å²) in [6, 6.07) is 0. The van der Waals surface area contributed by atoms with Crippen molar-refractivity contribution in [2.24, 2.45) is 11.8 Å². The molecular weight excluding hydrogens is 224 g/mol. The monoisotopic (exact) mass is 248 g/mol. The van der Waals surface area contributed by atoms with Crippen LogP contribution in [-0.2, 0) is 6.54 Å². The first-order chi connectivity index (χ1) is 8.77. The van der Waals surface area contributed by atoms with E-state index in [2.05, 4.69) is 35.6 Å². The van der Waals surface area contributed by atoms with Gasteiger partial charge in [-0.2, -0.15) is 0 Å². The molecule has 0 fully saturated rings. The smallest absolute Gasteiger partial charge is 0.0692 e. The fourth-order valence-electron chi connectivity index (χ4n) is 2.71. The summed E-state index contributed by atoms with van der Waals surface area (Å²) in [4.78, 5) is 0. The molecule has 18 heavy (non-hydrogen) atoms. The van der Waals surface area contributed by atoms with Gasteiger partial charge in [0.1, 0.15) is 0 Å². The van der Waals surface area contributed by atoms with E-state index in [0.29, 0.717) is 0 Å². The summed E-state index contributed by atoms with van der Waals surface area (Å²) in [7, 11) is 0. The number of nitrogens with one attached hydrogen (secondary N) is 1. The molecule has 100 valence electrons. The van der Waals surface area contributed by atoms with Crippen molar-refractivity contribution in [3.8, 4) is 0 Å². The average Bonchev–Trinajstić information content (AvgIpc) is 2.85. The summed E-state index contributed by atoms with van der Waals surface area (Å²) in [5.41, 5.74) is 1.57. The van der Waals surface area contributed by atoms with E-state index in [0.717, 1.165) is 37.9 Å². The van der Waals surface area contributed by atoms with E-state index in [1.807, 2.05) is 10.9 Å². The number of rotatable bonds is 6. The van der Waals surface area contributed by atoms with Gasteiger partial charge in [0.15, 0.2) is 0 Å². The Labute approximate surface area is 109 Å². The lowest BCUT2D eigenvalue weighted by molar-refractivity contribution is 0.348. The summed E-state index contributed by atoms with van der Waals surface area (Å²) in [5.74, 6) is 1.54. The fraction of sp³-hybridized carbons (Fsp3) is 0.714. The molecule has 0 amide bonds. The Kier molecular flexibility index (Phi) is 4.93. The molecule has 0 aliphatic heterocycles. The molecule has 0 aromatic carbocycles. The molecule has 0 saturated carbocycles. The van der Waals surface area contributed by atoms with E-state index in [1.165, 1.54) is 12.8 Å². The van der Waals surface area contributed by atoms with Crippen molar-refractivity contribution in [1.82, 2.24) is 20.3 Å². The maximum absolute atomic E-state index is 3.96. The minimum absolute atomic E-state index is 0.727. The Morgan fingerprint density at radius 2 is 2.39 bits per heavy atom. The first kappa shape index (κ1) is 13.3. The second kappa shape index (κ2) is 6.69. The fourth-order valence-corrected chi connectivity index (χ4v) is 2.71. The van der Waals surface area contributed by atoms with Crippen LogP contribution in [0, 0.1) is 11.8 Å². The Hall–Kier alpha value is -1.16. The molecule has 0 unspecified atom stereocenters. The summed E-state index contributed by atoms with van der Waals surface area (Å²) in [6.07, 6.45) is 9.74. The summed E-state index contributed by atoms with van der Waals surface area (Å²) < 4.78 is 1.88. The van der Waals surface area contributed by atoms with Crippen molar-refractivity contribution in [3.63, 3.8) is 0 Å². The lowest BCUT2D eigenvalue weighted by atomic mass is 9.80. The Morgan fingerprint density at radius 3 is 3.11 bits per heavy atom. The van der Waals surface area contributed by atoms with Crippen LogP contribution in [0.5, 0.6) is 0 Å². The van der Waals surface area contributed by atoms with Crippen LogP contribution in [0.3, 0.4) is 0 Å². The van der Waals surface area contributed by atoms with Gasteiger partial charge >= 0.3 is 0 Å². The minimum atomic E-state index is 0.727. The van der Waals surface area contributed by atoms with Crippen molar-refractivity contribution >= 4 is 0 Å². The third-order valence-electron chi connectivity index (χ3n) is 3.94. The van der Waals surface area contributed by atoms with Gasteiger partial charge in [-0.25, -0.2) is 0 Å². The number of aromatic nitrogens is 3. The lowest BCUT2D eigenvalue weighted by Crippen LogP contribution is -2.30. The van der Waals surface area contributed by atoms with Gasteiger partial charge in [-0.1, -0.05) is 23.8 Å². The van der Waals surface area contributed by atoms with Crippen LogP contribution in [0.4, 0.5) is 0 Å². The van der Waals surface area contributed by atoms with E-state index < -0.39 is 0 Å². The van der Waals surface area contributed by atoms with Gasteiger partial charge in [-0.15, -0.1) is 5.10 Å². The van der Waals surface area contributed by atoms with Crippen molar-refractivity contribution in [2.45, 2.75) is 39.7 Å². The van der Waals surface area contributed by atoms with Crippen LogP contribution in [0.1, 0.15) is 33.1 Å². The highest BCUT2D eigenvalue weighted by molar-refractivity contribution is 5.09. The molecule has 0 saturated heterocycles. The van der Waals surface area contributed by atoms with E-state index in [4.69, 9.17) is 0 Å². The maximum atomic E-state index is 3.96. The van der Waals surface area contributed by atoms with Gasteiger partial charge in [-0.05, 0) is 44.6 Å². The molecular formula is C14H24N4. The second-order valence-corrected chi connectivity index (χ2v) is 5.33. The predicted molar refractivity (Wildman–Crippen MR) is 73.2 cm³/mol. The normalized spacial score (nSPS) is 24.0. The van der Waals surface area contributed by atoms with Crippen molar-refractivity contribution in [1.29, 1.82) is 0 Å². The molecule has 2 atom stereocenters. The largest absolute Gasteiger partial charge is 0.316 e. The van der Waals surface area contributed by atoms with Crippen molar-refractivity contribution in [3.05, 3.63) is 24.0 Å². The van der Waals surface area contributed by atoms with E-state index >= 15 is 0 Å². The van der Waals surface area contributed by atoms with Gasteiger partial charge in [0.2, 0.25) is 0 Å². The third kappa shape index (κ3) is 3.67. The van der Waals surface area contributed by atoms with Crippen LogP contribution in [0.25, 0.3) is 0 Å². The van der Waals surface area contributed by atoms with Gasteiger partial charge in [0, 0.05) is 19.3 Å². The maximum Gasteiger partial charge on any atom is 0.0692 e. The van der Waals surface area contributed by atoms with Crippen LogP contribution < -0.4 is 5.32 Å². The number of hydrogen-bond acceptors (Lipinski definition) is 3. The first-order valence-electron chi connectivity index (χ1n) is 6.99. The number of allylic oxidation sites excluding steroid dienone is 1. The number of hydrogen-bond donors (Lipinski definition) is 1. The van der Waals surface area contributed by atoms with Gasteiger partial charge in [0.05, 0.1) is 6.20 Å². The zero-order chi connectivity index (χ0) is 12.8. The standard InChI is InChI=1S/C14H24N4/c1-12-5-3-6-13(2)14(12)11-15-7-4-9-18-10-8-16-17-18/h5,8,10,13-15H,3-4,6-7,9,11H2,1-2H3/t13-,14-/m1/s1. The van der Waals surface area contributed by atoms with Crippen molar-refractivity contribution < 1.29 is 0 Å². The Balaban J connectivity index is 1.63. The molecule has 0 bridgehead atoms. The number of nitrogens with zero attached hydrogens (tertiary/aromatic N) is 3. The average molecular weight is 248 g/mol. The van der Waals surface area contributed by atoms with Crippen LogP contribution in [0.15, 0.2) is 24.0 Å². The summed E-state index contributed by atoms with van der Waals surface area (Å²) in [6.45, 7) is 7.76. The molecule has 1 heterocycles. The number of aryl methyl sites for hydroxylation is 1. The molecule has 4 nitrogen and oxygen atoms in total. The highest BCUT2D eigenvalue weighted by atomic mass is 15.4. The topological polar surface area (TPSA) is 42.7 Å². The van der Waals surface area contributed by atoms with Crippen LogP contribution in [0.2, 0.25) is 0 Å². The molecule has 0 radical (unpaired) electrons. The third-order valence-corrected chi connectivity index (χ3v) is 3.94. The lowest BCUT2D eigenvalue weighted by Gasteiger charge is -2.29. The van der Waals surface area contributed by atoms with Gasteiger partial charge in [-0.3, -0.25) is 4.68 Å². The van der Waals surface area contributed by atoms with Crippen LogP contribution in [-0.4, -0.2) is 28.1 Å². The second-order valence-electron chi connectivity index (χ2n) is 5.33. The van der Waals surface area contributed by atoms with E-state index in [1.54, 1.807) is 11.8 Å². The molecule has 4 heteroatoms. The quantitative estimate of drug-likeness (QED) is 0.620. The summed E-state index contributed by atoms with van der Waals surface area (Å²) >= 11 is 0. The molecule has 1 aliphatic rings. The highest BCUT2D eigenvalue weighted by Gasteiger charge is 2.21. The molecule has 1 aliphatic carbocycles. The highest BCUT2D eigenvalue weighted by Crippen LogP contribution is 2.29. The first-order valence-corrected chi connectivity index (χ1v) is 6.99. The molecule has 1 N–H and O–H groups in total. The van der Waals surface area contributed by atoms with Crippen LogP contribution >= 0.6 is 0 Å². The van der Waals surface area contributed by atoms with Crippen molar-refractivity contribution in [2.75, 3.05) is 13.1 Å². The molecule has 1 aromatic heterocycles. The molecule has 2 rings (SSSR count). The zero-order valence-corrected chi connectivity index (χ0v) is 11.5. The summed E-state index contributed by atoms with van der Waals surface area (Å²) in [5, 5.41) is 11.3. The van der Waals surface area contributed by atoms with E-state index in [-0.39, 0.29) is 0 Å². The Morgan fingerprint density at radius 1 is 1.50 bits per heavy atom. The minimum Gasteiger partial charge on any atom is -0.316 e. The predicted octanol–water partition coefficient (Wildman–Crippen LogP) is 2.25. The van der Waals surface area contributed by atoms with Gasteiger partial charge < -0.3 is 5.32 Å². The van der Waals surface area contributed by atoms with Gasteiger partial charge in [0.25, 0.3) is 0 Å². The van der Waals surface area contributed by atoms with E-state index in [9.17, 15) is 0 Å². The Bertz CT molecular complexity index is 369. The molecule has 1 aromatic rings.